The number of rotatable bonds is 3. The van der Waals surface area contributed by atoms with Gasteiger partial charge in [-0.15, -0.1) is 0 Å². The average Bonchev–Trinajstić information content (AvgIpc) is 2.46. The molecule has 0 saturated heterocycles. The fourth-order valence-electron chi connectivity index (χ4n) is 2.94. The number of anilines is 1. The van der Waals surface area contributed by atoms with Crippen LogP contribution in [0.15, 0.2) is 18.2 Å². The van der Waals surface area contributed by atoms with Crippen LogP contribution in [0.3, 0.4) is 0 Å². The van der Waals surface area contributed by atoms with E-state index in [9.17, 15) is 4.79 Å². The molecule has 102 valence electrons. The summed E-state index contributed by atoms with van der Waals surface area (Å²) in [4.78, 5) is 11.2. The molecule has 0 amide bonds. The van der Waals surface area contributed by atoms with E-state index < -0.39 is 0 Å². The highest BCUT2D eigenvalue weighted by atomic mass is 16.5. The van der Waals surface area contributed by atoms with Gasteiger partial charge in [0, 0.05) is 25.1 Å². The summed E-state index contributed by atoms with van der Waals surface area (Å²) in [6.45, 7) is 1.82. The van der Waals surface area contributed by atoms with E-state index in [4.69, 9.17) is 4.74 Å². The Morgan fingerprint density at radius 2 is 2.05 bits per heavy atom. The van der Waals surface area contributed by atoms with Crippen molar-refractivity contribution in [1.82, 2.24) is 0 Å². The second-order valence-electron chi connectivity index (χ2n) is 5.64. The van der Waals surface area contributed by atoms with Gasteiger partial charge in [0.05, 0.1) is 6.61 Å². The van der Waals surface area contributed by atoms with Crippen LogP contribution in [0.5, 0.6) is 5.75 Å². The average molecular weight is 259 g/mol. The Labute approximate surface area is 114 Å². The number of aryl methyl sites for hydroxylation is 1. The topological polar surface area (TPSA) is 38.3 Å². The molecule has 0 aromatic heterocycles. The smallest absolute Gasteiger partial charge is 0.132 e. The predicted octanol–water partition coefficient (Wildman–Crippen LogP) is 3.18. The number of hydrogen-bond donors (Lipinski definition) is 1. The molecule has 0 bridgehead atoms. The molecule has 1 heterocycles. The largest absolute Gasteiger partial charge is 0.493 e. The van der Waals surface area contributed by atoms with Crippen molar-refractivity contribution in [3.63, 3.8) is 0 Å². The fraction of sp³-hybridized carbons (Fsp3) is 0.562. The molecule has 3 rings (SSSR count). The highest BCUT2D eigenvalue weighted by Crippen LogP contribution is 2.28. The van der Waals surface area contributed by atoms with E-state index in [1.807, 2.05) is 0 Å². The van der Waals surface area contributed by atoms with Crippen molar-refractivity contribution in [2.75, 3.05) is 18.5 Å². The summed E-state index contributed by atoms with van der Waals surface area (Å²) >= 11 is 0. The first-order valence-electron chi connectivity index (χ1n) is 7.32. The number of carbonyl (C=O) groups excluding carboxylic acids is 1. The lowest BCUT2D eigenvalue weighted by Gasteiger charge is -2.22. The molecule has 0 radical (unpaired) electrons. The number of nitrogens with one attached hydrogen (secondary N) is 1. The molecule has 1 N–H and O–H groups in total. The van der Waals surface area contributed by atoms with Crippen molar-refractivity contribution in [3.05, 3.63) is 23.8 Å². The van der Waals surface area contributed by atoms with Gasteiger partial charge in [-0.25, -0.2) is 0 Å². The summed E-state index contributed by atoms with van der Waals surface area (Å²) in [5.41, 5.74) is 2.50. The van der Waals surface area contributed by atoms with Gasteiger partial charge in [0.1, 0.15) is 11.5 Å². The molecule has 1 aromatic carbocycles. The van der Waals surface area contributed by atoms with Gasteiger partial charge in [-0.05, 0) is 55.4 Å². The van der Waals surface area contributed by atoms with Crippen LogP contribution in [0, 0.1) is 5.92 Å². The Balaban J connectivity index is 1.56. The lowest BCUT2D eigenvalue weighted by Crippen LogP contribution is -2.21. The molecule has 1 aliphatic carbocycles. The number of carbonyl (C=O) groups is 1. The van der Waals surface area contributed by atoms with Crippen molar-refractivity contribution in [3.8, 4) is 5.75 Å². The van der Waals surface area contributed by atoms with Crippen molar-refractivity contribution in [2.45, 2.75) is 38.5 Å². The van der Waals surface area contributed by atoms with Gasteiger partial charge in [0.25, 0.3) is 0 Å². The van der Waals surface area contributed by atoms with E-state index in [-0.39, 0.29) is 0 Å². The Kier molecular flexibility index (Phi) is 3.72. The maximum atomic E-state index is 11.2. The third-order valence-corrected chi connectivity index (χ3v) is 4.17. The molecule has 19 heavy (non-hydrogen) atoms. The third-order valence-electron chi connectivity index (χ3n) is 4.17. The number of benzene rings is 1. The number of Topliss-reactive ketones (excluding diaryl/α,β-unsaturated/α-hetero) is 1. The maximum Gasteiger partial charge on any atom is 0.132 e. The summed E-state index contributed by atoms with van der Waals surface area (Å²) < 4.78 is 5.62. The third kappa shape index (κ3) is 3.09. The maximum absolute atomic E-state index is 11.2. The fourth-order valence-corrected chi connectivity index (χ4v) is 2.94. The molecule has 2 aliphatic rings. The first-order chi connectivity index (χ1) is 9.31. The van der Waals surface area contributed by atoms with Crippen LogP contribution < -0.4 is 10.1 Å². The molecule has 0 unspecified atom stereocenters. The minimum Gasteiger partial charge on any atom is -0.493 e. The summed E-state index contributed by atoms with van der Waals surface area (Å²) in [7, 11) is 0. The van der Waals surface area contributed by atoms with Gasteiger partial charge in [-0.1, -0.05) is 0 Å². The van der Waals surface area contributed by atoms with Crippen molar-refractivity contribution < 1.29 is 9.53 Å². The van der Waals surface area contributed by atoms with Gasteiger partial charge in [0.2, 0.25) is 0 Å². The van der Waals surface area contributed by atoms with Gasteiger partial charge in [-0.3, -0.25) is 4.79 Å². The molecule has 3 nitrogen and oxygen atoms in total. The quantitative estimate of drug-likeness (QED) is 0.906. The zero-order chi connectivity index (χ0) is 13.1. The first-order valence-corrected chi connectivity index (χ1v) is 7.32. The molecule has 0 spiro atoms. The van der Waals surface area contributed by atoms with Gasteiger partial charge in [-0.2, -0.15) is 0 Å². The Bertz CT molecular complexity index is 460. The summed E-state index contributed by atoms with van der Waals surface area (Å²) in [5, 5.41) is 3.51. The highest BCUT2D eigenvalue weighted by molar-refractivity contribution is 5.79. The lowest BCUT2D eigenvalue weighted by molar-refractivity contribution is -0.120. The van der Waals surface area contributed by atoms with Gasteiger partial charge >= 0.3 is 0 Å². The number of ether oxygens (including phenoxy) is 1. The Morgan fingerprint density at radius 3 is 2.89 bits per heavy atom. The number of ketones is 1. The molecule has 1 aromatic rings. The van der Waals surface area contributed by atoms with Crippen molar-refractivity contribution in [2.24, 2.45) is 5.92 Å². The van der Waals surface area contributed by atoms with Crippen molar-refractivity contribution >= 4 is 11.5 Å². The Morgan fingerprint density at radius 1 is 1.21 bits per heavy atom. The zero-order valence-electron chi connectivity index (χ0n) is 11.3. The molecular weight excluding hydrogens is 238 g/mol. The molecule has 3 heteroatoms. The van der Waals surface area contributed by atoms with Crippen LogP contribution in [0.4, 0.5) is 5.69 Å². The first kappa shape index (κ1) is 12.5. The van der Waals surface area contributed by atoms with E-state index in [1.54, 1.807) is 0 Å². The van der Waals surface area contributed by atoms with E-state index in [0.717, 1.165) is 57.4 Å². The van der Waals surface area contributed by atoms with E-state index >= 15 is 0 Å². The minimum atomic E-state index is 0.433. The van der Waals surface area contributed by atoms with Crippen LogP contribution in [-0.2, 0) is 11.2 Å². The Hall–Kier alpha value is -1.51. The second-order valence-corrected chi connectivity index (χ2v) is 5.64. The van der Waals surface area contributed by atoms with E-state index in [0.29, 0.717) is 11.7 Å². The molecule has 1 fully saturated rings. The second kappa shape index (κ2) is 5.64. The minimum absolute atomic E-state index is 0.433. The summed E-state index contributed by atoms with van der Waals surface area (Å²) in [5.74, 6) is 2.12. The molecule has 1 aliphatic heterocycles. The van der Waals surface area contributed by atoms with Crippen LogP contribution in [-0.4, -0.2) is 18.9 Å². The van der Waals surface area contributed by atoms with Gasteiger partial charge < -0.3 is 10.1 Å². The lowest BCUT2D eigenvalue weighted by atomic mass is 9.88. The molecule has 1 saturated carbocycles. The van der Waals surface area contributed by atoms with Crippen LogP contribution in [0.1, 0.15) is 37.7 Å². The monoisotopic (exact) mass is 259 g/mol. The standard InChI is InChI=1S/C16H21NO2/c18-15-6-3-12(4-7-15)11-17-14-5-8-16-13(10-14)2-1-9-19-16/h5,8,10,12,17H,1-4,6-7,9,11H2. The van der Waals surface area contributed by atoms with Crippen LogP contribution >= 0.6 is 0 Å². The SMILES string of the molecule is O=C1CCC(CNc2ccc3c(c2)CCCO3)CC1. The predicted molar refractivity (Wildman–Crippen MR) is 75.7 cm³/mol. The van der Waals surface area contributed by atoms with Crippen LogP contribution in [0.25, 0.3) is 0 Å². The molecular formula is C16H21NO2. The highest BCUT2D eigenvalue weighted by Gasteiger charge is 2.18. The van der Waals surface area contributed by atoms with E-state index in [2.05, 4.69) is 23.5 Å². The summed E-state index contributed by atoms with van der Waals surface area (Å²) in [6, 6.07) is 6.38. The molecule has 0 atom stereocenters. The van der Waals surface area contributed by atoms with Gasteiger partial charge in [0.15, 0.2) is 0 Å². The van der Waals surface area contributed by atoms with Crippen molar-refractivity contribution in [1.29, 1.82) is 0 Å². The number of hydrogen-bond acceptors (Lipinski definition) is 3. The van der Waals surface area contributed by atoms with E-state index in [1.165, 1.54) is 11.3 Å². The summed E-state index contributed by atoms with van der Waals surface area (Å²) in [6.07, 6.45) is 5.85. The number of fused-ring (bicyclic) bond motifs is 1. The normalized spacial score (nSPS) is 19.7. The van der Waals surface area contributed by atoms with Crippen LogP contribution in [0.2, 0.25) is 0 Å². The zero-order valence-corrected chi connectivity index (χ0v) is 11.3.